The number of nitrogens with one attached hydrogen (secondary N) is 2. The molecule has 0 saturated heterocycles. The molecular formula is C21H22F2N4O2. The smallest absolute Gasteiger partial charge is 0.251 e. The monoisotopic (exact) mass is 400 g/mol. The molecule has 152 valence electrons. The van der Waals surface area contributed by atoms with Crippen LogP contribution in [0.1, 0.15) is 10.4 Å². The van der Waals surface area contributed by atoms with Gasteiger partial charge >= 0.3 is 0 Å². The van der Waals surface area contributed by atoms with E-state index in [1.165, 1.54) is 0 Å². The highest BCUT2D eigenvalue weighted by molar-refractivity contribution is 6.00. The molecular weight excluding hydrogens is 378 g/mol. The van der Waals surface area contributed by atoms with Gasteiger partial charge in [-0.25, -0.2) is 8.78 Å². The highest BCUT2D eigenvalue weighted by Crippen LogP contribution is 2.20. The lowest BCUT2D eigenvalue weighted by molar-refractivity contribution is -0.115. The summed E-state index contributed by atoms with van der Waals surface area (Å²) in [6.07, 6.45) is 2.00. The Hall–Kier alpha value is -3.26. The fraction of sp³-hybridized carbons (Fsp3) is 0.238. The molecule has 0 unspecified atom stereocenters. The van der Waals surface area contributed by atoms with Crippen LogP contribution in [0.25, 0.3) is 10.9 Å². The predicted molar refractivity (Wildman–Crippen MR) is 108 cm³/mol. The Kier molecular flexibility index (Phi) is 6.23. The molecule has 6 nitrogen and oxygen atoms in total. The fourth-order valence-corrected chi connectivity index (χ4v) is 2.93. The highest BCUT2D eigenvalue weighted by atomic mass is 19.1. The molecule has 0 aliphatic rings. The van der Waals surface area contributed by atoms with Crippen molar-refractivity contribution in [2.75, 3.05) is 32.5 Å². The van der Waals surface area contributed by atoms with Crippen LogP contribution in [0.4, 0.5) is 14.5 Å². The summed E-state index contributed by atoms with van der Waals surface area (Å²) in [7, 11) is 4.03. The molecule has 3 aromatic rings. The van der Waals surface area contributed by atoms with Crippen molar-refractivity contribution in [2.24, 2.45) is 0 Å². The Labute approximate surface area is 167 Å². The molecule has 2 N–H and O–H groups in total. The Bertz CT molecular complexity index is 1030. The van der Waals surface area contributed by atoms with E-state index in [1.54, 1.807) is 6.07 Å². The maximum atomic E-state index is 13.2. The molecule has 8 heteroatoms. The zero-order valence-electron chi connectivity index (χ0n) is 16.2. The highest BCUT2D eigenvalue weighted by Gasteiger charge is 2.11. The van der Waals surface area contributed by atoms with Gasteiger partial charge in [-0.15, -0.1) is 0 Å². The average Bonchev–Trinajstić information content (AvgIpc) is 3.06. The van der Waals surface area contributed by atoms with Gasteiger partial charge in [0.25, 0.3) is 5.91 Å². The number of amides is 2. The van der Waals surface area contributed by atoms with Crippen LogP contribution in [0.5, 0.6) is 0 Å². The van der Waals surface area contributed by atoms with Gasteiger partial charge in [0.15, 0.2) is 0 Å². The van der Waals surface area contributed by atoms with Crippen LogP contribution in [0.15, 0.2) is 48.7 Å². The Morgan fingerprint density at radius 1 is 1.03 bits per heavy atom. The minimum Gasteiger partial charge on any atom is -0.346 e. The average molecular weight is 400 g/mol. The van der Waals surface area contributed by atoms with E-state index in [1.807, 2.05) is 38.5 Å². The number of rotatable bonds is 7. The number of fused-ring (bicyclic) bond motifs is 1. The largest absolute Gasteiger partial charge is 0.346 e. The molecule has 29 heavy (non-hydrogen) atoms. The van der Waals surface area contributed by atoms with Gasteiger partial charge in [0.2, 0.25) is 5.91 Å². The van der Waals surface area contributed by atoms with Gasteiger partial charge in [0.05, 0.1) is 6.54 Å². The lowest BCUT2D eigenvalue weighted by Gasteiger charge is -2.11. The van der Waals surface area contributed by atoms with Crippen molar-refractivity contribution in [3.63, 3.8) is 0 Å². The number of carbonyl (C=O) groups excluding carboxylic acids is 2. The molecule has 1 aromatic heterocycles. The Balaban J connectivity index is 1.58. The number of anilines is 1. The molecule has 0 saturated carbocycles. The van der Waals surface area contributed by atoms with Gasteiger partial charge in [-0.1, -0.05) is 0 Å². The summed E-state index contributed by atoms with van der Waals surface area (Å²) >= 11 is 0. The van der Waals surface area contributed by atoms with Crippen LogP contribution < -0.4 is 10.6 Å². The molecule has 0 bridgehead atoms. The van der Waals surface area contributed by atoms with E-state index >= 15 is 0 Å². The van der Waals surface area contributed by atoms with Crippen molar-refractivity contribution < 1.29 is 18.4 Å². The minimum atomic E-state index is -0.856. The molecule has 0 atom stereocenters. The van der Waals surface area contributed by atoms with Crippen molar-refractivity contribution in [2.45, 2.75) is 6.54 Å². The number of hydrogen-bond donors (Lipinski definition) is 2. The molecule has 0 spiro atoms. The predicted octanol–water partition coefficient (Wildman–Crippen LogP) is 2.85. The summed E-state index contributed by atoms with van der Waals surface area (Å²) in [4.78, 5) is 26.2. The maximum Gasteiger partial charge on any atom is 0.251 e. The van der Waals surface area contributed by atoms with Gasteiger partial charge < -0.3 is 20.1 Å². The first-order valence-corrected chi connectivity index (χ1v) is 9.09. The fourth-order valence-electron chi connectivity index (χ4n) is 2.93. The van der Waals surface area contributed by atoms with E-state index < -0.39 is 23.4 Å². The maximum absolute atomic E-state index is 13.2. The van der Waals surface area contributed by atoms with Crippen LogP contribution in [0.2, 0.25) is 0 Å². The second-order valence-electron chi connectivity index (χ2n) is 6.97. The molecule has 2 aromatic carbocycles. The summed E-state index contributed by atoms with van der Waals surface area (Å²) in [6, 6.07) is 10.0. The van der Waals surface area contributed by atoms with E-state index in [2.05, 4.69) is 20.1 Å². The number of likely N-dealkylation sites (N-methyl/N-ethyl adjacent to an activating group) is 1. The number of aromatic nitrogens is 1. The first kappa shape index (κ1) is 20.5. The third-order valence-electron chi connectivity index (χ3n) is 4.38. The van der Waals surface area contributed by atoms with Crippen LogP contribution >= 0.6 is 0 Å². The Morgan fingerprint density at radius 2 is 1.76 bits per heavy atom. The summed E-state index contributed by atoms with van der Waals surface area (Å²) in [5, 5.41) is 6.04. The third kappa shape index (κ3) is 5.39. The topological polar surface area (TPSA) is 66.4 Å². The minimum absolute atomic E-state index is 0.184. The molecule has 0 aliphatic carbocycles. The van der Waals surface area contributed by atoms with Gasteiger partial charge in [0, 0.05) is 47.5 Å². The second-order valence-corrected chi connectivity index (χ2v) is 6.97. The molecule has 0 radical (unpaired) electrons. The number of hydrogen-bond acceptors (Lipinski definition) is 3. The van der Waals surface area contributed by atoms with Gasteiger partial charge in [-0.05, 0) is 50.5 Å². The van der Waals surface area contributed by atoms with E-state index in [0.29, 0.717) is 11.8 Å². The zero-order chi connectivity index (χ0) is 21.0. The zero-order valence-corrected chi connectivity index (χ0v) is 16.2. The second kappa shape index (κ2) is 8.83. The molecule has 0 fully saturated rings. The van der Waals surface area contributed by atoms with Crippen LogP contribution in [0, 0.1) is 11.6 Å². The van der Waals surface area contributed by atoms with E-state index in [9.17, 15) is 18.4 Å². The van der Waals surface area contributed by atoms with Crippen molar-refractivity contribution in [1.29, 1.82) is 0 Å². The van der Waals surface area contributed by atoms with Gasteiger partial charge in [-0.2, -0.15) is 0 Å². The van der Waals surface area contributed by atoms with Crippen LogP contribution in [-0.4, -0.2) is 48.5 Å². The summed E-state index contributed by atoms with van der Waals surface area (Å²) in [5.74, 6) is -2.88. The van der Waals surface area contributed by atoms with Crippen molar-refractivity contribution in [1.82, 2.24) is 14.8 Å². The van der Waals surface area contributed by atoms with E-state index in [-0.39, 0.29) is 12.1 Å². The lowest BCUT2D eigenvalue weighted by atomic mass is 10.2. The van der Waals surface area contributed by atoms with Crippen molar-refractivity contribution >= 4 is 28.4 Å². The number of halogens is 2. The normalized spacial score (nSPS) is 11.1. The van der Waals surface area contributed by atoms with Crippen molar-refractivity contribution in [3.05, 3.63) is 65.9 Å². The number of benzene rings is 2. The van der Waals surface area contributed by atoms with Crippen LogP contribution in [0.3, 0.4) is 0 Å². The summed E-state index contributed by atoms with van der Waals surface area (Å²) in [6.45, 7) is 1.45. The molecule has 1 heterocycles. The Morgan fingerprint density at radius 3 is 2.45 bits per heavy atom. The third-order valence-corrected chi connectivity index (χ3v) is 4.38. The van der Waals surface area contributed by atoms with Crippen molar-refractivity contribution in [3.8, 4) is 0 Å². The number of carbonyl (C=O) groups is 2. The number of nitrogens with zero attached hydrogens (tertiary/aromatic N) is 2. The first-order valence-electron chi connectivity index (χ1n) is 9.09. The lowest BCUT2D eigenvalue weighted by Crippen LogP contribution is -2.32. The standard InChI is InChI=1S/C21H22F2N4O2/c1-26(2)7-8-27-6-5-14-11-18(3-4-19(14)27)25-20(28)13-24-21(29)15-9-16(22)12-17(23)10-15/h3-6,9-12H,7-8,13H2,1-2H3,(H,24,29)(H,25,28). The first-order chi connectivity index (χ1) is 13.8. The van der Waals surface area contributed by atoms with Gasteiger partial charge in [0.1, 0.15) is 11.6 Å². The molecule has 2 amide bonds. The SMILES string of the molecule is CN(C)CCn1ccc2cc(NC(=O)CNC(=O)c3cc(F)cc(F)c3)ccc21. The van der Waals surface area contributed by atoms with E-state index in [4.69, 9.17) is 0 Å². The van der Waals surface area contributed by atoms with Gasteiger partial charge in [-0.3, -0.25) is 9.59 Å². The van der Waals surface area contributed by atoms with E-state index in [0.717, 1.165) is 36.1 Å². The molecule has 3 rings (SSSR count). The summed E-state index contributed by atoms with van der Waals surface area (Å²) in [5.41, 5.74) is 1.47. The summed E-state index contributed by atoms with van der Waals surface area (Å²) < 4.78 is 28.5. The molecule has 0 aliphatic heterocycles. The van der Waals surface area contributed by atoms with Crippen LogP contribution in [-0.2, 0) is 11.3 Å². The quantitative estimate of drug-likeness (QED) is 0.641.